The zero-order valence-electron chi connectivity index (χ0n) is 12.3. The van der Waals surface area contributed by atoms with Gasteiger partial charge >= 0.3 is 0 Å². The molecule has 5 unspecified atom stereocenters. The van der Waals surface area contributed by atoms with Crippen molar-refractivity contribution in [3.8, 4) is 0 Å². The van der Waals surface area contributed by atoms with Crippen LogP contribution < -0.4 is 5.73 Å². The van der Waals surface area contributed by atoms with E-state index in [2.05, 4.69) is 6.92 Å². The largest absolute Gasteiger partial charge is 0.378 e. The second-order valence-corrected chi connectivity index (χ2v) is 7.01. The third-order valence-corrected chi connectivity index (χ3v) is 5.85. The summed E-state index contributed by atoms with van der Waals surface area (Å²) in [4.78, 5) is 0. The molecule has 3 fully saturated rings. The van der Waals surface area contributed by atoms with E-state index in [1.807, 2.05) is 0 Å². The minimum atomic E-state index is 0.0172. The van der Waals surface area contributed by atoms with Gasteiger partial charge in [0.15, 0.2) is 0 Å². The van der Waals surface area contributed by atoms with Crippen LogP contribution in [0.25, 0.3) is 0 Å². The molecular formula is C16H29NO2. The van der Waals surface area contributed by atoms with Gasteiger partial charge in [0.2, 0.25) is 0 Å². The predicted molar refractivity (Wildman–Crippen MR) is 75.9 cm³/mol. The van der Waals surface area contributed by atoms with Gasteiger partial charge in [0.05, 0.1) is 12.2 Å². The first kappa shape index (κ1) is 13.8. The van der Waals surface area contributed by atoms with Gasteiger partial charge in [0.1, 0.15) is 0 Å². The molecule has 0 radical (unpaired) electrons. The van der Waals surface area contributed by atoms with Gasteiger partial charge in [-0.25, -0.2) is 0 Å². The molecule has 3 rings (SSSR count). The number of rotatable bonds is 3. The summed E-state index contributed by atoms with van der Waals surface area (Å²) in [6.07, 6.45) is 8.77. The molecular weight excluding hydrogens is 238 g/mol. The van der Waals surface area contributed by atoms with Crippen LogP contribution in [0.15, 0.2) is 0 Å². The van der Waals surface area contributed by atoms with Crippen LogP contribution in [0, 0.1) is 17.8 Å². The standard InChI is InChI=1S/C16H29NO2/c1-2-12-3-4-13(9-12)15(17)14-5-7-19-16(10-14)6-8-18-11-16/h12-15H,2-11,17H2,1H3. The Kier molecular flexibility index (Phi) is 4.16. The lowest BCUT2D eigenvalue weighted by Gasteiger charge is -2.41. The van der Waals surface area contributed by atoms with Crippen LogP contribution in [0.3, 0.4) is 0 Å². The zero-order chi connectivity index (χ0) is 13.3. The van der Waals surface area contributed by atoms with Crippen molar-refractivity contribution < 1.29 is 9.47 Å². The number of hydrogen-bond acceptors (Lipinski definition) is 3. The summed E-state index contributed by atoms with van der Waals surface area (Å²) in [5, 5.41) is 0. The van der Waals surface area contributed by atoms with E-state index in [0.717, 1.165) is 50.9 Å². The fraction of sp³-hybridized carbons (Fsp3) is 1.00. The first-order chi connectivity index (χ1) is 9.22. The van der Waals surface area contributed by atoms with E-state index in [1.54, 1.807) is 0 Å². The van der Waals surface area contributed by atoms with Gasteiger partial charge in [0, 0.05) is 25.7 Å². The molecule has 2 aliphatic heterocycles. The normalized spacial score (nSPS) is 44.8. The van der Waals surface area contributed by atoms with Crippen LogP contribution in [0.2, 0.25) is 0 Å². The Morgan fingerprint density at radius 1 is 1.21 bits per heavy atom. The summed E-state index contributed by atoms with van der Waals surface area (Å²) in [5.74, 6) is 2.34. The van der Waals surface area contributed by atoms with Gasteiger partial charge in [-0.05, 0) is 43.4 Å². The van der Waals surface area contributed by atoms with E-state index in [-0.39, 0.29) is 5.60 Å². The van der Waals surface area contributed by atoms with E-state index >= 15 is 0 Å². The molecule has 0 amide bonds. The summed E-state index contributed by atoms with van der Waals surface area (Å²) < 4.78 is 11.6. The molecule has 0 aromatic heterocycles. The lowest BCUT2D eigenvalue weighted by molar-refractivity contribution is -0.103. The fourth-order valence-electron chi connectivity index (χ4n) is 4.48. The van der Waals surface area contributed by atoms with Crippen molar-refractivity contribution in [2.45, 2.75) is 63.5 Å². The second kappa shape index (κ2) is 5.71. The Bertz CT molecular complexity index is 301. The van der Waals surface area contributed by atoms with E-state index in [4.69, 9.17) is 15.2 Å². The van der Waals surface area contributed by atoms with Gasteiger partial charge in [-0.3, -0.25) is 0 Å². The van der Waals surface area contributed by atoms with Crippen molar-refractivity contribution in [3.63, 3.8) is 0 Å². The highest BCUT2D eigenvalue weighted by molar-refractivity contribution is 4.95. The minimum absolute atomic E-state index is 0.0172. The van der Waals surface area contributed by atoms with E-state index in [9.17, 15) is 0 Å². The summed E-state index contributed by atoms with van der Waals surface area (Å²) in [6.45, 7) is 4.85. The Morgan fingerprint density at radius 2 is 2.11 bits per heavy atom. The van der Waals surface area contributed by atoms with Gasteiger partial charge in [-0.1, -0.05) is 19.8 Å². The number of nitrogens with two attached hydrogens (primary N) is 1. The van der Waals surface area contributed by atoms with Gasteiger partial charge in [-0.15, -0.1) is 0 Å². The maximum atomic E-state index is 6.63. The molecule has 3 heteroatoms. The summed E-state index contributed by atoms with van der Waals surface area (Å²) in [6, 6.07) is 0.387. The summed E-state index contributed by atoms with van der Waals surface area (Å²) >= 11 is 0. The summed E-state index contributed by atoms with van der Waals surface area (Å²) in [5.41, 5.74) is 6.64. The quantitative estimate of drug-likeness (QED) is 0.855. The molecule has 3 aliphatic rings. The third-order valence-electron chi connectivity index (χ3n) is 5.85. The predicted octanol–water partition coefficient (Wildman–Crippen LogP) is 2.73. The molecule has 2 N–H and O–H groups in total. The van der Waals surface area contributed by atoms with Crippen molar-refractivity contribution in [1.29, 1.82) is 0 Å². The number of ether oxygens (including phenoxy) is 2. The molecule has 0 bridgehead atoms. The monoisotopic (exact) mass is 267 g/mol. The Hall–Kier alpha value is -0.120. The highest BCUT2D eigenvalue weighted by Gasteiger charge is 2.44. The molecule has 0 aromatic rings. The van der Waals surface area contributed by atoms with Crippen molar-refractivity contribution in [3.05, 3.63) is 0 Å². The fourth-order valence-corrected chi connectivity index (χ4v) is 4.48. The molecule has 110 valence electrons. The zero-order valence-corrected chi connectivity index (χ0v) is 12.3. The first-order valence-electron chi connectivity index (χ1n) is 8.20. The van der Waals surface area contributed by atoms with Crippen LogP contribution in [0.5, 0.6) is 0 Å². The molecule has 1 saturated carbocycles. The van der Waals surface area contributed by atoms with Crippen LogP contribution in [-0.2, 0) is 9.47 Å². The molecule has 19 heavy (non-hydrogen) atoms. The Morgan fingerprint density at radius 3 is 2.79 bits per heavy atom. The van der Waals surface area contributed by atoms with Crippen LogP contribution >= 0.6 is 0 Å². The first-order valence-corrected chi connectivity index (χ1v) is 8.20. The van der Waals surface area contributed by atoms with Crippen LogP contribution in [0.1, 0.15) is 51.9 Å². The Labute approximate surface area is 117 Å². The Balaban J connectivity index is 1.59. The van der Waals surface area contributed by atoms with Crippen molar-refractivity contribution in [2.24, 2.45) is 23.5 Å². The maximum absolute atomic E-state index is 6.63. The van der Waals surface area contributed by atoms with Crippen molar-refractivity contribution >= 4 is 0 Å². The molecule has 1 aliphatic carbocycles. The lowest BCUT2D eigenvalue weighted by atomic mass is 9.76. The van der Waals surface area contributed by atoms with Gasteiger partial charge in [0.25, 0.3) is 0 Å². The van der Waals surface area contributed by atoms with Crippen molar-refractivity contribution in [1.82, 2.24) is 0 Å². The van der Waals surface area contributed by atoms with Crippen LogP contribution in [-0.4, -0.2) is 31.5 Å². The molecule has 2 saturated heterocycles. The smallest absolute Gasteiger partial charge is 0.0939 e. The highest BCUT2D eigenvalue weighted by Crippen LogP contribution is 2.42. The average Bonchev–Trinajstić information content (AvgIpc) is 3.07. The van der Waals surface area contributed by atoms with Gasteiger partial charge in [-0.2, -0.15) is 0 Å². The van der Waals surface area contributed by atoms with Gasteiger partial charge < -0.3 is 15.2 Å². The molecule has 0 aromatic carbocycles. The topological polar surface area (TPSA) is 44.5 Å². The average molecular weight is 267 g/mol. The lowest BCUT2D eigenvalue weighted by Crippen LogP contribution is -2.47. The highest BCUT2D eigenvalue weighted by atomic mass is 16.6. The molecule has 3 nitrogen and oxygen atoms in total. The van der Waals surface area contributed by atoms with E-state index in [0.29, 0.717) is 12.0 Å². The van der Waals surface area contributed by atoms with Crippen molar-refractivity contribution in [2.75, 3.05) is 19.8 Å². The number of hydrogen-bond donors (Lipinski definition) is 1. The molecule has 2 heterocycles. The van der Waals surface area contributed by atoms with E-state index < -0.39 is 0 Å². The van der Waals surface area contributed by atoms with Crippen LogP contribution in [0.4, 0.5) is 0 Å². The van der Waals surface area contributed by atoms with E-state index in [1.165, 1.54) is 25.7 Å². The maximum Gasteiger partial charge on any atom is 0.0939 e. The second-order valence-electron chi connectivity index (χ2n) is 7.01. The molecule has 1 spiro atoms. The SMILES string of the molecule is CCC1CCC(C(N)C2CCOC3(CCOC3)C2)C1. The summed E-state index contributed by atoms with van der Waals surface area (Å²) in [7, 11) is 0. The molecule has 5 atom stereocenters. The third kappa shape index (κ3) is 2.84. The minimum Gasteiger partial charge on any atom is -0.378 e.